The predicted molar refractivity (Wildman–Crippen MR) is 65.3 cm³/mol. The summed E-state index contributed by atoms with van der Waals surface area (Å²) in [6.07, 6.45) is 1.16. The molecule has 4 N–H and O–H groups in total. The molecule has 0 atom stereocenters. The molecule has 18 heavy (non-hydrogen) atoms. The molecule has 0 aliphatic carbocycles. The molecule has 0 amide bonds. The van der Waals surface area contributed by atoms with Crippen LogP contribution >= 0.6 is 15.2 Å². The van der Waals surface area contributed by atoms with Gasteiger partial charge in [0.25, 0.3) is 0 Å². The van der Waals surface area contributed by atoms with Crippen LogP contribution < -0.4 is 0 Å². The van der Waals surface area contributed by atoms with Gasteiger partial charge in [0.1, 0.15) is 0 Å². The third-order valence-corrected chi connectivity index (χ3v) is 6.23. The van der Waals surface area contributed by atoms with Crippen molar-refractivity contribution in [3.63, 3.8) is 0 Å². The fourth-order valence-electron chi connectivity index (χ4n) is 1.54. The minimum Gasteiger partial charge on any atom is -0.324 e. The zero-order valence-corrected chi connectivity index (χ0v) is 11.7. The van der Waals surface area contributed by atoms with Gasteiger partial charge >= 0.3 is 15.2 Å². The molecule has 1 aromatic rings. The Hall–Kier alpha value is -0.550. The van der Waals surface area contributed by atoms with E-state index in [0.29, 0.717) is 11.3 Å². The molecule has 0 aliphatic heterocycles. The first-order valence-electron chi connectivity index (χ1n) is 5.04. The lowest BCUT2D eigenvalue weighted by Gasteiger charge is -2.20. The van der Waals surface area contributed by atoms with E-state index in [0.717, 1.165) is 5.56 Å². The highest BCUT2D eigenvalue weighted by atomic mass is 31.2. The van der Waals surface area contributed by atoms with Crippen molar-refractivity contribution in [3.8, 4) is 0 Å². The standard InChI is InChI=1S/C9H15NO6P2/c1-6-3-8(7(2)10-5-6)4-9(17(11,12)13)18(14,15)16/h3,5,9H,4H2,1-2H3,(H2,11,12,13)(H2,14,15,16). The maximum atomic E-state index is 11.2. The highest BCUT2D eigenvalue weighted by Crippen LogP contribution is 2.60. The van der Waals surface area contributed by atoms with Crippen molar-refractivity contribution < 1.29 is 28.7 Å². The Morgan fingerprint density at radius 1 is 1.17 bits per heavy atom. The molecule has 7 nitrogen and oxygen atoms in total. The first-order chi connectivity index (χ1) is 8.01. The molecule has 0 saturated carbocycles. The highest BCUT2D eigenvalue weighted by Gasteiger charge is 2.43. The van der Waals surface area contributed by atoms with Gasteiger partial charge < -0.3 is 19.6 Å². The summed E-state index contributed by atoms with van der Waals surface area (Å²) in [6, 6.07) is 1.61. The van der Waals surface area contributed by atoms with Crippen LogP contribution in [-0.2, 0) is 15.6 Å². The fraction of sp³-hybridized carbons (Fsp3) is 0.444. The van der Waals surface area contributed by atoms with Gasteiger partial charge in [-0.15, -0.1) is 0 Å². The maximum Gasteiger partial charge on any atom is 0.341 e. The summed E-state index contributed by atoms with van der Waals surface area (Å²) in [7, 11) is -9.78. The fourth-order valence-corrected chi connectivity index (χ4v) is 3.97. The molecule has 0 spiro atoms. The Kier molecular flexibility index (Phi) is 4.49. The topological polar surface area (TPSA) is 128 Å². The van der Waals surface area contributed by atoms with Crippen molar-refractivity contribution in [2.45, 2.75) is 25.7 Å². The van der Waals surface area contributed by atoms with Crippen molar-refractivity contribution in [1.29, 1.82) is 0 Å². The van der Waals surface area contributed by atoms with Gasteiger partial charge in [-0.2, -0.15) is 0 Å². The number of pyridine rings is 1. The molecule has 0 saturated heterocycles. The van der Waals surface area contributed by atoms with Gasteiger partial charge in [-0.1, -0.05) is 6.07 Å². The number of aryl methyl sites for hydroxylation is 2. The van der Waals surface area contributed by atoms with Gasteiger partial charge in [-0.3, -0.25) is 14.1 Å². The summed E-state index contributed by atoms with van der Waals surface area (Å²) in [6.45, 7) is 3.35. The van der Waals surface area contributed by atoms with Gasteiger partial charge in [-0.25, -0.2) is 0 Å². The Morgan fingerprint density at radius 3 is 2.11 bits per heavy atom. The van der Waals surface area contributed by atoms with E-state index in [1.54, 1.807) is 26.1 Å². The van der Waals surface area contributed by atoms with Crippen molar-refractivity contribution in [2.75, 3.05) is 0 Å². The lowest BCUT2D eigenvalue weighted by molar-refractivity contribution is 0.338. The zero-order chi connectivity index (χ0) is 14.1. The van der Waals surface area contributed by atoms with Gasteiger partial charge in [-0.05, 0) is 31.4 Å². The van der Waals surface area contributed by atoms with Crippen LogP contribution in [0.1, 0.15) is 16.8 Å². The van der Waals surface area contributed by atoms with Crippen LogP contribution in [0.4, 0.5) is 0 Å². The minimum absolute atomic E-state index is 0.408. The summed E-state index contributed by atoms with van der Waals surface area (Å²) in [4.78, 5) is 40.1. The number of hydrogen-bond donors (Lipinski definition) is 4. The average Bonchev–Trinajstić information content (AvgIpc) is 2.15. The van der Waals surface area contributed by atoms with E-state index in [2.05, 4.69) is 4.98 Å². The molecule has 0 radical (unpaired) electrons. The van der Waals surface area contributed by atoms with Gasteiger partial charge in [0, 0.05) is 11.9 Å². The first-order valence-corrected chi connectivity index (χ1v) is 8.40. The SMILES string of the molecule is Cc1cnc(C)c(CC(P(=O)(O)O)P(=O)(O)O)c1. The van der Waals surface area contributed by atoms with E-state index in [9.17, 15) is 9.13 Å². The van der Waals surface area contributed by atoms with Crippen molar-refractivity contribution in [1.82, 2.24) is 4.98 Å². The summed E-state index contributed by atoms with van der Waals surface area (Å²) in [5.41, 5.74) is 1.67. The van der Waals surface area contributed by atoms with Crippen molar-refractivity contribution in [3.05, 3.63) is 29.1 Å². The second kappa shape index (κ2) is 5.21. The van der Waals surface area contributed by atoms with E-state index in [4.69, 9.17) is 19.6 Å². The molecule has 0 aliphatic rings. The van der Waals surface area contributed by atoms with Crippen LogP contribution in [0.5, 0.6) is 0 Å². The van der Waals surface area contributed by atoms with E-state index in [1.807, 2.05) is 0 Å². The predicted octanol–water partition coefficient (Wildman–Crippen LogP) is 0.922. The molecule has 0 fully saturated rings. The summed E-state index contributed by atoms with van der Waals surface area (Å²) >= 11 is 0. The van der Waals surface area contributed by atoms with E-state index in [-0.39, 0.29) is 0 Å². The zero-order valence-electron chi connectivity index (χ0n) is 9.89. The van der Waals surface area contributed by atoms with Crippen LogP contribution in [0, 0.1) is 13.8 Å². The van der Waals surface area contributed by atoms with Gasteiger partial charge in [0.2, 0.25) is 0 Å². The summed E-state index contributed by atoms with van der Waals surface area (Å²) in [5, 5.41) is -2.02. The smallest absolute Gasteiger partial charge is 0.324 e. The third-order valence-electron chi connectivity index (χ3n) is 2.51. The molecule has 102 valence electrons. The van der Waals surface area contributed by atoms with Crippen LogP contribution in [0.25, 0.3) is 0 Å². The molecule has 1 heterocycles. The van der Waals surface area contributed by atoms with Crippen LogP contribution in [0.3, 0.4) is 0 Å². The molecular weight excluding hydrogens is 280 g/mol. The Bertz CT molecular complexity index is 512. The highest BCUT2D eigenvalue weighted by molar-refractivity contribution is 7.70. The molecule has 1 rings (SSSR count). The molecular formula is C9H15NO6P2. The van der Waals surface area contributed by atoms with Crippen molar-refractivity contribution >= 4 is 15.2 Å². The van der Waals surface area contributed by atoms with Crippen molar-refractivity contribution in [2.24, 2.45) is 0 Å². The van der Waals surface area contributed by atoms with E-state index in [1.165, 1.54) is 0 Å². The largest absolute Gasteiger partial charge is 0.341 e. The monoisotopic (exact) mass is 295 g/mol. The first kappa shape index (κ1) is 15.5. The van der Waals surface area contributed by atoms with Crippen LogP contribution in [0.15, 0.2) is 12.3 Å². The Morgan fingerprint density at radius 2 is 1.67 bits per heavy atom. The van der Waals surface area contributed by atoms with E-state index < -0.39 is 27.0 Å². The minimum atomic E-state index is -4.89. The number of hydrogen-bond acceptors (Lipinski definition) is 3. The Balaban J connectivity index is 3.16. The van der Waals surface area contributed by atoms with Crippen LogP contribution in [-0.4, -0.2) is 30.0 Å². The van der Waals surface area contributed by atoms with Crippen LogP contribution in [0.2, 0.25) is 0 Å². The lowest BCUT2D eigenvalue weighted by atomic mass is 10.1. The molecule has 0 bridgehead atoms. The molecule has 1 aromatic heterocycles. The summed E-state index contributed by atoms with van der Waals surface area (Å²) in [5.74, 6) is 0. The molecule has 0 unspecified atom stereocenters. The Labute approximate surface area is 104 Å². The summed E-state index contributed by atoms with van der Waals surface area (Å²) < 4.78 is 22.3. The lowest BCUT2D eigenvalue weighted by Crippen LogP contribution is -2.14. The second-order valence-corrected chi connectivity index (χ2v) is 8.13. The third kappa shape index (κ3) is 3.99. The van der Waals surface area contributed by atoms with E-state index >= 15 is 0 Å². The van der Waals surface area contributed by atoms with Gasteiger partial charge in [0.15, 0.2) is 5.40 Å². The number of rotatable bonds is 4. The average molecular weight is 295 g/mol. The normalized spacial score (nSPS) is 13.1. The quantitative estimate of drug-likeness (QED) is 0.608. The molecule has 9 heteroatoms. The van der Waals surface area contributed by atoms with Gasteiger partial charge in [0.05, 0.1) is 0 Å². The number of aromatic nitrogens is 1. The second-order valence-electron chi connectivity index (χ2n) is 4.12. The molecule has 0 aromatic carbocycles. The maximum absolute atomic E-state index is 11.2. The number of nitrogens with zero attached hydrogens (tertiary/aromatic N) is 1.